The number of benzene rings is 1. The van der Waals surface area contributed by atoms with Crippen LogP contribution in [0.15, 0.2) is 18.2 Å². The van der Waals surface area contributed by atoms with Crippen molar-refractivity contribution in [2.75, 3.05) is 11.4 Å². The maximum Gasteiger partial charge on any atom is 0.249 e. The summed E-state index contributed by atoms with van der Waals surface area (Å²) in [5.41, 5.74) is 0.779. The van der Waals surface area contributed by atoms with Crippen LogP contribution in [-0.4, -0.2) is 30.7 Å². The maximum atomic E-state index is 11.6. The molecule has 1 fully saturated rings. The van der Waals surface area contributed by atoms with E-state index in [1.54, 1.807) is 30.0 Å². The van der Waals surface area contributed by atoms with E-state index in [1.165, 1.54) is 0 Å². The van der Waals surface area contributed by atoms with Crippen LogP contribution in [0.2, 0.25) is 5.02 Å². The first kappa shape index (κ1) is 12.6. The molecule has 5 nitrogen and oxygen atoms in total. The Kier molecular flexibility index (Phi) is 3.34. The van der Waals surface area contributed by atoms with Crippen LogP contribution in [0, 0.1) is 0 Å². The highest BCUT2D eigenvalue weighted by atomic mass is 35.5. The lowest BCUT2D eigenvalue weighted by molar-refractivity contribution is -0.132. The van der Waals surface area contributed by atoms with E-state index in [0.29, 0.717) is 17.0 Å². The molecule has 94 valence electrons. The molecule has 0 radical (unpaired) electrons. The predicted octanol–water partition coefficient (Wildman–Crippen LogP) is 1.00. The molecule has 1 aromatic carbocycles. The topological polar surface area (TPSA) is 66.5 Å². The second-order valence-corrected chi connectivity index (χ2v) is 4.41. The maximum absolute atomic E-state index is 11.6. The molecule has 0 bridgehead atoms. The van der Waals surface area contributed by atoms with E-state index in [4.69, 9.17) is 11.6 Å². The molecule has 1 saturated heterocycles. The van der Waals surface area contributed by atoms with Crippen LogP contribution < -0.4 is 10.2 Å². The Morgan fingerprint density at radius 2 is 2.17 bits per heavy atom. The van der Waals surface area contributed by atoms with Gasteiger partial charge in [-0.3, -0.25) is 19.7 Å². The van der Waals surface area contributed by atoms with Crippen molar-refractivity contribution in [2.45, 2.75) is 13.0 Å². The van der Waals surface area contributed by atoms with E-state index < -0.39 is 11.9 Å². The van der Waals surface area contributed by atoms with Crippen molar-refractivity contribution >= 4 is 35.4 Å². The fourth-order valence-corrected chi connectivity index (χ4v) is 2.12. The molecule has 1 aromatic rings. The SMILES string of the molecule is CC1C(=O)NC(=O)CN1c1cccc(Cl)c1C=O. The summed E-state index contributed by atoms with van der Waals surface area (Å²) in [5, 5.41) is 2.54. The average molecular weight is 267 g/mol. The lowest BCUT2D eigenvalue weighted by Gasteiger charge is -2.34. The van der Waals surface area contributed by atoms with E-state index in [0.717, 1.165) is 0 Å². The van der Waals surface area contributed by atoms with Gasteiger partial charge in [0.2, 0.25) is 11.8 Å². The van der Waals surface area contributed by atoms with Gasteiger partial charge in [-0.2, -0.15) is 0 Å². The summed E-state index contributed by atoms with van der Waals surface area (Å²) in [6.45, 7) is 1.69. The Morgan fingerprint density at radius 1 is 1.44 bits per heavy atom. The summed E-state index contributed by atoms with van der Waals surface area (Å²) in [5.74, 6) is -0.780. The summed E-state index contributed by atoms with van der Waals surface area (Å²) < 4.78 is 0. The number of carbonyl (C=O) groups excluding carboxylic acids is 3. The fourth-order valence-electron chi connectivity index (χ4n) is 1.90. The summed E-state index contributed by atoms with van der Waals surface area (Å²) in [6, 6.07) is 4.40. The van der Waals surface area contributed by atoms with Crippen molar-refractivity contribution in [1.29, 1.82) is 0 Å². The summed E-state index contributed by atoms with van der Waals surface area (Å²) in [7, 11) is 0. The molecule has 0 aromatic heterocycles. The fraction of sp³-hybridized carbons (Fsp3) is 0.250. The molecule has 1 aliphatic heterocycles. The monoisotopic (exact) mass is 266 g/mol. The molecule has 6 heteroatoms. The molecule has 18 heavy (non-hydrogen) atoms. The quantitative estimate of drug-likeness (QED) is 0.641. The number of carbonyl (C=O) groups is 3. The van der Waals surface area contributed by atoms with Crippen molar-refractivity contribution in [3.63, 3.8) is 0 Å². The number of hydrogen-bond donors (Lipinski definition) is 1. The van der Waals surface area contributed by atoms with Crippen molar-refractivity contribution in [3.05, 3.63) is 28.8 Å². The van der Waals surface area contributed by atoms with Crippen LogP contribution in [0.4, 0.5) is 5.69 Å². The van der Waals surface area contributed by atoms with Gasteiger partial charge in [0.15, 0.2) is 6.29 Å². The van der Waals surface area contributed by atoms with Crippen LogP contribution >= 0.6 is 11.6 Å². The molecule has 1 aliphatic rings. The first-order valence-corrected chi connectivity index (χ1v) is 5.76. The van der Waals surface area contributed by atoms with E-state index in [2.05, 4.69) is 5.32 Å². The number of piperazine rings is 1. The predicted molar refractivity (Wildman–Crippen MR) is 66.8 cm³/mol. The van der Waals surface area contributed by atoms with Crippen LogP contribution in [0.1, 0.15) is 17.3 Å². The zero-order valence-electron chi connectivity index (χ0n) is 9.64. The third-order valence-corrected chi connectivity index (χ3v) is 3.21. The Bertz CT molecular complexity index is 530. The van der Waals surface area contributed by atoms with E-state index in [-0.39, 0.29) is 18.0 Å². The smallest absolute Gasteiger partial charge is 0.249 e. The van der Waals surface area contributed by atoms with E-state index >= 15 is 0 Å². The number of nitrogens with zero attached hydrogens (tertiary/aromatic N) is 1. The zero-order chi connectivity index (χ0) is 13.3. The van der Waals surface area contributed by atoms with Gasteiger partial charge >= 0.3 is 0 Å². The molecule has 0 aliphatic carbocycles. The molecule has 0 spiro atoms. The molecule has 1 heterocycles. The van der Waals surface area contributed by atoms with Gasteiger partial charge in [0.1, 0.15) is 6.04 Å². The molecular weight excluding hydrogens is 256 g/mol. The summed E-state index contributed by atoms with van der Waals surface area (Å²) in [4.78, 5) is 35.6. The van der Waals surface area contributed by atoms with Gasteiger partial charge in [0, 0.05) is 5.69 Å². The normalized spacial score (nSPS) is 19.7. The first-order chi connectivity index (χ1) is 8.54. The number of aldehydes is 1. The number of halogens is 1. The number of imide groups is 1. The number of hydrogen-bond acceptors (Lipinski definition) is 4. The van der Waals surface area contributed by atoms with Gasteiger partial charge in [0.05, 0.1) is 17.1 Å². The second kappa shape index (κ2) is 4.78. The van der Waals surface area contributed by atoms with Gasteiger partial charge in [0.25, 0.3) is 0 Å². The Morgan fingerprint density at radius 3 is 2.83 bits per heavy atom. The molecule has 2 amide bonds. The van der Waals surface area contributed by atoms with Crippen molar-refractivity contribution in [2.24, 2.45) is 0 Å². The van der Waals surface area contributed by atoms with Crippen LogP contribution in [0.25, 0.3) is 0 Å². The Labute approximate surface area is 109 Å². The standard InChI is InChI=1S/C12H11ClN2O3/c1-7-12(18)14-11(17)5-15(7)10-4-2-3-9(13)8(10)6-16/h2-4,6-7H,5H2,1H3,(H,14,17,18). The summed E-state index contributed by atoms with van der Waals surface area (Å²) in [6.07, 6.45) is 0.626. The minimum absolute atomic E-state index is 0.0219. The minimum atomic E-state index is -0.528. The van der Waals surface area contributed by atoms with Crippen molar-refractivity contribution in [3.8, 4) is 0 Å². The van der Waals surface area contributed by atoms with Gasteiger partial charge in [-0.25, -0.2) is 0 Å². The lowest BCUT2D eigenvalue weighted by atomic mass is 10.1. The minimum Gasteiger partial charge on any atom is -0.350 e. The van der Waals surface area contributed by atoms with E-state index in [9.17, 15) is 14.4 Å². The molecule has 1 N–H and O–H groups in total. The number of anilines is 1. The molecule has 1 atom stereocenters. The van der Waals surface area contributed by atoms with Crippen LogP contribution in [-0.2, 0) is 9.59 Å². The average Bonchev–Trinajstić information content (AvgIpc) is 2.33. The van der Waals surface area contributed by atoms with Crippen molar-refractivity contribution < 1.29 is 14.4 Å². The number of amides is 2. The number of nitrogens with one attached hydrogen (secondary N) is 1. The molecule has 1 unspecified atom stereocenters. The van der Waals surface area contributed by atoms with Gasteiger partial charge in [-0.05, 0) is 19.1 Å². The highest BCUT2D eigenvalue weighted by Gasteiger charge is 2.31. The number of rotatable bonds is 2. The van der Waals surface area contributed by atoms with E-state index in [1.807, 2.05) is 0 Å². The third-order valence-electron chi connectivity index (χ3n) is 2.88. The second-order valence-electron chi connectivity index (χ2n) is 4.01. The first-order valence-electron chi connectivity index (χ1n) is 5.38. The van der Waals surface area contributed by atoms with Crippen molar-refractivity contribution in [1.82, 2.24) is 5.32 Å². The van der Waals surface area contributed by atoms with Gasteiger partial charge in [-0.1, -0.05) is 17.7 Å². The largest absolute Gasteiger partial charge is 0.350 e. The molecular formula is C12H11ClN2O3. The Balaban J connectivity index is 2.47. The summed E-state index contributed by atoms with van der Waals surface area (Å²) >= 11 is 5.93. The van der Waals surface area contributed by atoms with Crippen LogP contribution in [0.5, 0.6) is 0 Å². The molecule has 2 rings (SSSR count). The van der Waals surface area contributed by atoms with Gasteiger partial charge in [-0.15, -0.1) is 0 Å². The lowest BCUT2D eigenvalue weighted by Crippen LogP contribution is -2.57. The zero-order valence-corrected chi connectivity index (χ0v) is 10.4. The van der Waals surface area contributed by atoms with Crippen LogP contribution in [0.3, 0.4) is 0 Å². The Hall–Kier alpha value is -1.88. The molecule has 0 saturated carbocycles. The van der Waals surface area contributed by atoms with Gasteiger partial charge < -0.3 is 4.90 Å². The third kappa shape index (κ3) is 2.09. The highest BCUT2D eigenvalue weighted by molar-refractivity contribution is 6.33. The highest BCUT2D eigenvalue weighted by Crippen LogP contribution is 2.28.